The summed E-state index contributed by atoms with van der Waals surface area (Å²) in [7, 11) is 0. The van der Waals surface area contributed by atoms with Gasteiger partial charge >= 0.3 is 0 Å². The molecule has 0 unspecified atom stereocenters. The van der Waals surface area contributed by atoms with E-state index in [4.69, 9.17) is 21.3 Å². The Morgan fingerprint density at radius 2 is 2.08 bits per heavy atom. The first kappa shape index (κ1) is 18.3. The van der Waals surface area contributed by atoms with Crippen molar-refractivity contribution in [1.82, 2.24) is 14.9 Å². The largest absolute Gasteiger partial charge is 0.492 e. The molecule has 3 aromatic rings. The van der Waals surface area contributed by atoms with Crippen molar-refractivity contribution in [3.8, 4) is 5.75 Å². The van der Waals surface area contributed by atoms with Crippen LogP contribution in [0, 0.1) is 6.92 Å². The van der Waals surface area contributed by atoms with Gasteiger partial charge in [0.05, 0.1) is 17.6 Å². The van der Waals surface area contributed by atoms with Crippen molar-refractivity contribution >= 4 is 28.5 Å². The molecule has 0 atom stereocenters. The zero-order chi connectivity index (χ0) is 18.5. The second-order valence-electron chi connectivity index (χ2n) is 6.16. The fraction of sp³-hybridized carbons (Fsp3) is 0.300. The number of carbonyl (C=O) groups is 1. The van der Waals surface area contributed by atoms with Crippen molar-refractivity contribution in [3.05, 3.63) is 58.9 Å². The van der Waals surface area contributed by atoms with Gasteiger partial charge in [-0.3, -0.25) is 4.79 Å². The molecule has 0 radical (unpaired) electrons. The number of nitrogens with one attached hydrogen (secondary N) is 1. The minimum Gasteiger partial charge on any atom is -0.492 e. The second-order valence-corrected chi connectivity index (χ2v) is 6.57. The molecule has 0 saturated carbocycles. The average molecular weight is 372 g/mol. The third-order valence-corrected chi connectivity index (χ3v) is 4.59. The smallest absolute Gasteiger partial charge is 0.216 e. The molecule has 136 valence electrons. The number of hydrogen-bond donors (Lipinski definition) is 1. The molecule has 0 fully saturated rings. The molecule has 6 heteroatoms. The van der Waals surface area contributed by atoms with Crippen LogP contribution in [0.1, 0.15) is 18.3 Å². The summed E-state index contributed by atoms with van der Waals surface area (Å²) in [5, 5.41) is 3.56. The second kappa shape index (κ2) is 8.23. The molecule has 1 aromatic heterocycles. The number of nitrogens with zero attached hydrogens (tertiary/aromatic N) is 2. The van der Waals surface area contributed by atoms with E-state index in [9.17, 15) is 4.79 Å². The Bertz CT molecular complexity index is 921. The Morgan fingerprint density at radius 3 is 2.85 bits per heavy atom. The van der Waals surface area contributed by atoms with E-state index in [0.29, 0.717) is 26.1 Å². The van der Waals surface area contributed by atoms with Gasteiger partial charge in [0.25, 0.3) is 0 Å². The van der Waals surface area contributed by atoms with Crippen LogP contribution in [0.4, 0.5) is 0 Å². The molecule has 26 heavy (non-hydrogen) atoms. The maximum atomic E-state index is 11.1. The SMILES string of the molecule is CC(=O)NCCc1nc2ccccc2n1CCOc1ccc(Cl)c(C)c1. The molecule has 0 aliphatic rings. The molecular weight excluding hydrogens is 350 g/mol. The molecule has 0 aliphatic heterocycles. The number of carbonyl (C=O) groups excluding carboxylic acids is 1. The van der Waals surface area contributed by atoms with E-state index in [1.54, 1.807) is 0 Å². The van der Waals surface area contributed by atoms with Gasteiger partial charge in [0, 0.05) is 24.9 Å². The Labute approximate surface area is 157 Å². The van der Waals surface area contributed by atoms with Crippen LogP contribution in [0.3, 0.4) is 0 Å². The minimum absolute atomic E-state index is 0.0332. The van der Waals surface area contributed by atoms with Gasteiger partial charge in [-0.25, -0.2) is 4.98 Å². The van der Waals surface area contributed by atoms with E-state index in [1.165, 1.54) is 6.92 Å². The van der Waals surface area contributed by atoms with Crippen molar-refractivity contribution in [2.75, 3.05) is 13.2 Å². The molecule has 1 amide bonds. The molecule has 5 nitrogen and oxygen atoms in total. The standard InChI is InChI=1S/C20H22ClN3O2/c1-14-13-16(7-8-17(14)21)26-12-11-24-19-6-4-3-5-18(19)23-20(24)9-10-22-15(2)25/h3-8,13H,9-12H2,1-2H3,(H,22,25). The number of para-hydroxylation sites is 2. The summed E-state index contributed by atoms with van der Waals surface area (Å²) >= 11 is 6.05. The van der Waals surface area contributed by atoms with E-state index < -0.39 is 0 Å². The van der Waals surface area contributed by atoms with Crippen LogP contribution in [-0.2, 0) is 17.8 Å². The number of ether oxygens (including phenoxy) is 1. The predicted molar refractivity (Wildman–Crippen MR) is 104 cm³/mol. The number of benzene rings is 2. The molecule has 0 spiro atoms. The molecular formula is C20H22ClN3O2. The highest BCUT2D eigenvalue weighted by Crippen LogP contribution is 2.21. The van der Waals surface area contributed by atoms with Gasteiger partial charge in [-0.05, 0) is 42.8 Å². The maximum Gasteiger partial charge on any atom is 0.216 e. The number of imidazole rings is 1. The summed E-state index contributed by atoms with van der Waals surface area (Å²) in [6, 6.07) is 13.7. The van der Waals surface area contributed by atoms with E-state index in [1.807, 2.05) is 43.3 Å². The van der Waals surface area contributed by atoms with E-state index >= 15 is 0 Å². The van der Waals surface area contributed by atoms with Crippen molar-refractivity contribution in [1.29, 1.82) is 0 Å². The van der Waals surface area contributed by atoms with Gasteiger partial charge in [0.15, 0.2) is 0 Å². The lowest BCUT2D eigenvalue weighted by atomic mass is 10.2. The predicted octanol–water partition coefficient (Wildman–Crippen LogP) is 3.76. The molecule has 0 saturated heterocycles. The van der Waals surface area contributed by atoms with Crippen LogP contribution >= 0.6 is 11.6 Å². The van der Waals surface area contributed by atoms with E-state index in [2.05, 4.69) is 16.0 Å². The number of halogens is 1. The van der Waals surface area contributed by atoms with Crippen LogP contribution in [0.5, 0.6) is 5.75 Å². The van der Waals surface area contributed by atoms with E-state index in [0.717, 1.165) is 33.2 Å². The first-order valence-electron chi connectivity index (χ1n) is 8.62. The highest BCUT2D eigenvalue weighted by Gasteiger charge is 2.10. The van der Waals surface area contributed by atoms with Crippen LogP contribution < -0.4 is 10.1 Å². The highest BCUT2D eigenvalue weighted by molar-refractivity contribution is 6.31. The summed E-state index contributed by atoms with van der Waals surface area (Å²) in [6.07, 6.45) is 0.675. The summed E-state index contributed by atoms with van der Waals surface area (Å²) in [4.78, 5) is 15.8. The van der Waals surface area contributed by atoms with Gasteiger partial charge < -0.3 is 14.6 Å². The number of aromatic nitrogens is 2. The van der Waals surface area contributed by atoms with Crippen LogP contribution in [0.2, 0.25) is 5.02 Å². The monoisotopic (exact) mass is 371 g/mol. The Morgan fingerprint density at radius 1 is 1.27 bits per heavy atom. The first-order valence-corrected chi connectivity index (χ1v) is 9.00. The van der Waals surface area contributed by atoms with Gasteiger partial charge in [-0.2, -0.15) is 0 Å². The fourth-order valence-electron chi connectivity index (χ4n) is 2.88. The quantitative estimate of drug-likeness (QED) is 0.688. The third kappa shape index (κ3) is 4.35. The number of aryl methyl sites for hydroxylation is 1. The highest BCUT2D eigenvalue weighted by atomic mass is 35.5. The van der Waals surface area contributed by atoms with Gasteiger partial charge in [0.2, 0.25) is 5.91 Å². The Hall–Kier alpha value is -2.53. The molecule has 3 rings (SSSR count). The molecule has 0 aliphatic carbocycles. The lowest BCUT2D eigenvalue weighted by Gasteiger charge is -2.12. The average Bonchev–Trinajstić information content (AvgIpc) is 2.95. The zero-order valence-corrected chi connectivity index (χ0v) is 15.7. The molecule has 2 aromatic carbocycles. The third-order valence-electron chi connectivity index (χ3n) is 4.17. The normalized spacial score (nSPS) is 10.9. The van der Waals surface area contributed by atoms with E-state index in [-0.39, 0.29) is 5.91 Å². The topological polar surface area (TPSA) is 56.2 Å². The minimum atomic E-state index is -0.0332. The van der Waals surface area contributed by atoms with Crippen molar-refractivity contribution in [2.24, 2.45) is 0 Å². The first-order chi connectivity index (χ1) is 12.5. The van der Waals surface area contributed by atoms with Crippen molar-refractivity contribution < 1.29 is 9.53 Å². The summed E-state index contributed by atoms with van der Waals surface area (Å²) in [6.45, 7) is 5.24. The number of rotatable bonds is 7. The van der Waals surface area contributed by atoms with Gasteiger partial charge in [-0.15, -0.1) is 0 Å². The Balaban J connectivity index is 1.72. The van der Waals surface area contributed by atoms with Crippen molar-refractivity contribution in [3.63, 3.8) is 0 Å². The van der Waals surface area contributed by atoms with Crippen molar-refractivity contribution in [2.45, 2.75) is 26.8 Å². The molecule has 1 heterocycles. The number of fused-ring (bicyclic) bond motifs is 1. The molecule has 0 bridgehead atoms. The zero-order valence-electron chi connectivity index (χ0n) is 15.0. The lowest BCUT2D eigenvalue weighted by molar-refractivity contribution is -0.118. The van der Waals surface area contributed by atoms with Crippen LogP contribution in [-0.4, -0.2) is 28.6 Å². The summed E-state index contributed by atoms with van der Waals surface area (Å²) in [5.41, 5.74) is 3.02. The summed E-state index contributed by atoms with van der Waals surface area (Å²) < 4.78 is 8.04. The number of hydrogen-bond acceptors (Lipinski definition) is 3. The van der Waals surface area contributed by atoms with Gasteiger partial charge in [0.1, 0.15) is 18.2 Å². The van der Waals surface area contributed by atoms with Gasteiger partial charge in [-0.1, -0.05) is 23.7 Å². The van der Waals surface area contributed by atoms with Crippen LogP contribution in [0.15, 0.2) is 42.5 Å². The maximum absolute atomic E-state index is 11.1. The number of amides is 1. The fourth-order valence-corrected chi connectivity index (χ4v) is 3.00. The van der Waals surface area contributed by atoms with Crippen LogP contribution in [0.25, 0.3) is 11.0 Å². The summed E-state index contributed by atoms with van der Waals surface area (Å²) in [5.74, 6) is 1.71. The lowest BCUT2D eigenvalue weighted by Crippen LogP contribution is -2.24. The molecule has 1 N–H and O–H groups in total. The Kier molecular flexibility index (Phi) is 5.78.